The number of ether oxygens (including phenoxy) is 2. The summed E-state index contributed by atoms with van der Waals surface area (Å²) in [7, 11) is 0. The Hall–Kier alpha value is -1.11. The van der Waals surface area contributed by atoms with Crippen LogP contribution in [0.25, 0.3) is 0 Å². The lowest BCUT2D eigenvalue weighted by molar-refractivity contribution is -0.00600. The van der Waals surface area contributed by atoms with Crippen molar-refractivity contribution in [3.8, 4) is 0 Å². The molecule has 1 aromatic rings. The molecule has 1 aromatic heterocycles. The second kappa shape index (κ2) is 6.79. The van der Waals surface area contributed by atoms with Gasteiger partial charge < -0.3 is 19.3 Å². The van der Waals surface area contributed by atoms with Crippen LogP contribution < -0.4 is 9.80 Å². The van der Waals surface area contributed by atoms with Crippen molar-refractivity contribution in [2.75, 3.05) is 36.0 Å². The van der Waals surface area contributed by atoms with Crippen LogP contribution in [0.4, 0.5) is 11.8 Å². The molecule has 0 saturated carbocycles. The van der Waals surface area contributed by atoms with Crippen LogP contribution in [-0.4, -0.2) is 60.6 Å². The van der Waals surface area contributed by atoms with E-state index in [2.05, 4.69) is 42.5 Å². The van der Waals surface area contributed by atoms with Gasteiger partial charge in [-0.3, -0.25) is 0 Å². The van der Waals surface area contributed by atoms with Crippen LogP contribution in [0.3, 0.4) is 0 Å². The third kappa shape index (κ3) is 3.87. The highest BCUT2D eigenvalue weighted by atomic mass is 35.5. The SMILES string of the molecule is CC1CN(c2ncc(Cl)c(N3CC(C)OC(C)C3)n2)CC(C)O1. The molecule has 2 aliphatic heterocycles. The third-order valence-corrected chi connectivity index (χ3v) is 4.40. The first-order valence-corrected chi connectivity index (χ1v) is 8.63. The molecular formula is C16H25ClN4O2. The van der Waals surface area contributed by atoms with Gasteiger partial charge in [0.05, 0.1) is 30.6 Å². The minimum Gasteiger partial charge on any atom is -0.372 e. The summed E-state index contributed by atoms with van der Waals surface area (Å²) in [5.41, 5.74) is 0. The summed E-state index contributed by atoms with van der Waals surface area (Å²) in [6.45, 7) is 11.5. The summed E-state index contributed by atoms with van der Waals surface area (Å²) in [5.74, 6) is 1.52. The van der Waals surface area contributed by atoms with Gasteiger partial charge in [0, 0.05) is 26.2 Å². The zero-order valence-electron chi connectivity index (χ0n) is 14.2. The number of rotatable bonds is 2. The van der Waals surface area contributed by atoms with E-state index in [-0.39, 0.29) is 24.4 Å². The quantitative estimate of drug-likeness (QED) is 0.823. The highest BCUT2D eigenvalue weighted by Crippen LogP contribution is 2.28. The number of halogens is 1. The molecule has 2 aliphatic rings. The first-order valence-electron chi connectivity index (χ1n) is 8.25. The molecule has 0 amide bonds. The maximum absolute atomic E-state index is 6.37. The molecule has 7 heteroatoms. The standard InChI is InChI=1S/C16H25ClN4O2/c1-10-6-20(7-11(2)22-10)15-14(17)5-18-16(19-15)21-8-12(3)23-13(4)9-21/h5,10-13H,6-9H2,1-4H3. The zero-order valence-corrected chi connectivity index (χ0v) is 15.0. The van der Waals surface area contributed by atoms with Gasteiger partial charge in [-0.15, -0.1) is 0 Å². The molecule has 4 unspecified atom stereocenters. The Labute approximate surface area is 142 Å². The van der Waals surface area contributed by atoms with Gasteiger partial charge in [0.25, 0.3) is 0 Å². The molecular weight excluding hydrogens is 316 g/mol. The van der Waals surface area contributed by atoms with E-state index in [0.717, 1.165) is 37.9 Å². The number of hydrogen-bond donors (Lipinski definition) is 0. The van der Waals surface area contributed by atoms with Gasteiger partial charge in [-0.25, -0.2) is 4.98 Å². The van der Waals surface area contributed by atoms with Crippen molar-refractivity contribution in [2.24, 2.45) is 0 Å². The van der Waals surface area contributed by atoms with E-state index in [0.29, 0.717) is 5.02 Å². The van der Waals surface area contributed by atoms with Crippen molar-refractivity contribution in [1.82, 2.24) is 9.97 Å². The van der Waals surface area contributed by atoms with Gasteiger partial charge in [0.1, 0.15) is 5.02 Å². The van der Waals surface area contributed by atoms with Crippen LogP contribution in [0.5, 0.6) is 0 Å². The van der Waals surface area contributed by atoms with Gasteiger partial charge >= 0.3 is 0 Å². The van der Waals surface area contributed by atoms with E-state index in [1.165, 1.54) is 0 Å². The minimum atomic E-state index is 0.164. The molecule has 0 radical (unpaired) electrons. The number of aromatic nitrogens is 2. The molecule has 2 fully saturated rings. The molecule has 0 aromatic carbocycles. The molecule has 0 aliphatic carbocycles. The normalized spacial score (nSPS) is 32.2. The van der Waals surface area contributed by atoms with E-state index >= 15 is 0 Å². The summed E-state index contributed by atoms with van der Waals surface area (Å²) in [4.78, 5) is 13.6. The minimum absolute atomic E-state index is 0.164. The first kappa shape index (κ1) is 16.7. The van der Waals surface area contributed by atoms with E-state index in [9.17, 15) is 0 Å². The Morgan fingerprint density at radius 2 is 1.39 bits per heavy atom. The maximum atomic E-state index is 6.37. The van der Waals surface area contributed by atoms with Gasteiger partial charge in [-0.2, -0.15) is 4.98 Å². The Morgan fingerprint density at radius 1 is 0.913 bits per heavy atom. The lowest BCUT2D eigenvalue weighted by Crippen LogP contribution is -2.47. The molecule has 23 heavy (non-hydrogen) atoms. The molecule has 6 nitrogen and oxygen atoms in total. The van der Waals surface area contributed by atoms with Gasteiger partial charge in [-0.1, -0.05) is 11.6 Å². The van der Waals surface area contributed by atoms with Gasteiger partial charge in [0.2, 0.25) is 5.95 Å². The predicted octanol–water partition coefficient (Wildman–Crippen LogP) is 2.36. The molecule has 0 bridgehead atoms. The molecule has 0 N–H and O–H groups in total. The second-order valence-electron chi connectivity index (χ2n) is 6.67. The summed E-state index contributed by atoms with van der Waals surface area (Å²) < 4.78 is 11.6. The summed E-state index contributed by atoms with van der Waals surface area (Å²) >= 11 is 6.37. The van der Waals surface area contributed by atoms with Crippen LogP contribution in [0.1, 0.15) is 27.7 Å². The molecule has 2 saturated heterocycles. The van der Waals surface area contributed by atoms with E-state index < -0.39 is 0 Å². The zero-order chi connectivity index (χ0) is 16.6. The van der Waals surface area contributed by atoms with Gasteiger partial charge in [0.15, 0.2) is 5.82 Å². The van der Waals surface area contributed by atoms with Crippen molar-refractivity contribution < 1.29 is 9.47 Å². The average Bonchev–Trinajstić information content (AvgIpc) is 2.45. The van der Waals surface area contributed by atoms with Gasteiger partial charge in [-0.05, 0) is 27.7 Å². The summed E-state index contributed by atoms with van der Waals surface area (Å²) in [6.07, 6.45) is 2.37. The third-order valence-electron chi connectivity index (χ3n) is 4.13. The number of morpholine rings is 2. The molecule has 3 rings (SSSR count). The molecule has 128 valence electrons. The van der Waals surface area contributed by atoms with Crippen molar-refractivity contribution in [3.63, 3.8) is 0 Å². The van der Waals surface area contributed by atoms with Crippen LogP contribution >= 0.6 is 11.6 Å². The van der Waals surface area contributed by atoms with E-state index in [1.54, 1.807) is 6.20 Å². The van der Waals surface area contributed by atoms with E-state index in [1.807, 2.05) is 0 Å². The Balaban J connectivity index is 1.84. The fourth-order valence-corrected chi connectivity index (χ4v) is 3.63. The first-order chi connectivity index (χ1) is 10.9. The average molecular weight is 341 g/mol. The largest absolute Gasteiger partial charge is 0.372 e. The summed E-state index contributed by atoms with van der Waals surface area (Å²) in [6, 6.07) is 0. The molecule has 0 spiro atoms. The highest BCUT2D eigenvalue weighted by molar-refractivity contribution is 6.32. The monoisotopic (exact) mass is 340 g/mol. The van der Waals surface area contributed by atoms with Crippen molar-refractivity contribution in [3.05, 3.63) is 11.2 Å². The van der Waals surface area contributed by atoms with Crippen molar-refractivity contribution in [1.29, 1.82) is 0 Å². The smallest absolute Gasteiger partial charge is 0.227 e. The second-order valence-corrected chi connectivity index (χ2v) is 7.07. The van der Waals surface area contributed by atoms with Crippen LogP contribution in [0.15, 0.2) is 6.20 Å². The lowest BCUT2D eigenvalue weighted by atomic mass is 10.2. The Bertz CT molecular complexity index is 539. The lowest BCUT2D eigenvalue weighted by Gasteiger charge is -2.38. The number of nitrogens with zero attached hydrogens (tertiary/aromatic N) is 4. The van der Waals surface area contributed by atoms with Crippen LogP contribution in [0.2, 0.25) is 5.02 Å². The fourth-order valence-electron chi connectivity index (χ4n) is 3.42. The topological polar surface area (TPSA) is 50.7 Å². The molecule has 3 heterocycles. The van der Waals surface area contributed by atoms with Crippen molar-refractivity contribution in [2.45, 2.75) is 52.1 Å². The Morgan fingerprint density at radius 3 is 1.91 bits per heavy atom. The fraction of sp³-hybridized carbons (Fsp3) is 0.750. The maximum Gasteiger partial charge on any atom is 0.227 e. The van der Waals surface area contributed by atoms with Crippen LogP contribution in [-0.2, 0) is 9.47 Å². The van der Waals surface area contributed by atoms with Crippen LogP contribution in [0, 0.1) is 0 Å². The summed E-state index contributed by atoms with van der Waals surface area (Å²) in [5, 5.41) is 0.587. The van der Waals surface area contributed by atoms with E-state index in [4.69, 9.17) is 26.1 Å². The Kier molecular flexibility index (Phi) is 4.94. The van der Waals surface area contributed by atoms with Crippen molar-refractivity contribution >= 4 is 23.4 Å². The molecule has 4 atom stereocenters. The number of hydrogen-bond acceptors (Lipinski definition) is 6. The predicted molar refractivity (Wildman–Crippen MR) is 91.5 cm³/mol. The highest BCUT2D eigenvalue weighted by Gasteiger charge is 2.28. The number of anilines is 2.